The molecule has 0 saturated carbocycles. The largest absolute Gasteiger partial charge is 0.481 e. The molecule has 194 valence electrons. The van der Waals surface area contributed by atoms with Crippen LogP contribution in [-0.4, -0.2) is 26.2 Å². The number of hydrogen-bond acceptors (Lipinski definition) is 5. The van der Waals surface area contributed by atoms with E-state index in [2.05, 4.69) is 15.3 Å². The Morgan fingerprint density at radius 3 is 2.35 bits per heavy atom. The van der Waals surface area contributed by atoms with Crippen LogP contribution < -0.4 is 5.32 Å². The second-order valence-electron chi connectivity index (χ2n) is 8.86. The molecule has 6 nitrogen and oxygen atoms in total. The van der Waals surface area contributed by atoms with Gasteiger partial charge in [-0.25, -0.2) is 4.39 Å². The Labute approximate surface area is 221 Å². The van der Waals surface area contributed by atoms with Crippen LogP contribution in [0.3, 0.4) is 0 Å². The molecule has 0 aliphatic heterocycles. The van der Waals surface area contributed by atoms with Gasteiger partial charge in [0.05, 0.1) is 17.3 Å². The molecule has 0 amide bonds. The Balaban J connectivity index is 1.90. The minimum atomic E-state index is -1.00. The summed E-state index contributed by atoms with van der Waals surface area (Å²) in [5, 5.41) is 23.8. The molecule has 3 N–H and O–H groups in total. The third-order valence-electron chi connectivity index (χ3n) is 6.03. The molecule has 0 saturated heterocycles. The average molecular weight is 524 g/mol. The molecule has 0 aliphatic carbocycles. The number of aliphatic hydroxyl groups excluding tert-OH is 1. The van der Waals surface area contributed by atoms with Gasteiger partial charge < -0.3 is 10.2 Å². The highest BCUT2D eigenvalue weighted by atomic mass is 35.5. The van der Waals surface area contributed by atoms with Gasteiger partial charge >= 0.3 is 5.97 Å². The van der Waals surface area contributed by atoms with Gasteiger partial charge in [0.2, 0.25) is 0 Å². The highest BCUT2D eigenvalue weighted by Gasteiger charge is 2.14. The van der Waals surface area contributed by atoms with E-state index in [0.29, 0.717) is 41.2 Å². The van der Waals surface area contributed by atoms with Gasteiger partial charge in [-0.2, -0.15) is 0 Å². The number of benzene rings is 2. The topological polar surface area (TPSA) is 95.3 Å². The molecule has 0 bridgehead atoms. The Morgan fingerprint density at radius 2 is 1.68 bits per heavy atom. The van der Waals surface area contributed by atoms with Crippen molar-refractivity contribution in [2.24, 2.45) is 5.92 Å². The lowest BCUT2D eigenvalue weighted by molar-refractivity contribution is -0.141. The van der Waals surface area contributed by atoms with Crippen LogP contribution in [0.2, 0.25) is 5.02 Å². The van der Waals surface area contributed by atoms with Crippen molar-refractivity contribution >= 4 is 17.6 Å². The quantitative estimate of drug-likeness (QED) is 0.264. The first-order chi connectivity index (χ1) is 17.7. The normalized spacial score (nSPS) is 13.3. The lowest BCUT2D eigenvalue weighted by Gasteiger charge is -2.19. The molecule has 0 aliphatic rings. The Hall–Kier alpha value is -3.39. The van der Waals surface area contributed by atoms with Crippen LogP contribution in [0.25, 0.3) is 11.3 Å². The van der Waals surface area contributed by atoms with Crippen molar-refractivity contribution in [3.05, 3.63) is 107 Å². The molecular formula is C29H31ClFN3O3. The van der Waals surface area contributed by atoms with Crippen molar-refractivity contribution in [3.8, 4) is 11.3 Å². The number of nitrogens with one attached hydrogen (secondary N) is 1. The fourth-order valence-corrected chi connectivity index (χ4v) is 3.90. The van der Waals surface area contributed by atoms with E-state index < -0.39 is 18.1 Å². The van der Waals surface area contributed by atoms with E-state index >= 15 is 0 Å². The fraction of sp³-hybridized carbons (Fsp3) is 0.276. The van der Waals surface area contributed by atoms with Crippen LogP contribution in [0, 0.1) is 11.7 Å². The number of carboxylic acids is 1. The van der Waals surface area contributed by atoms with Crippen LogP contribution in [0.5, 0.6) is 0 Å². The number of carboxylic acid groups (broad SMARTS) is 1. The fourth-order valence-electron chi connectivity index (χ4n) is 3.77. The molecule has 3 unspecified atom stereocenters. The molecule has 37 heavy (non-hydrogen) atoms. The van der Waals surface area contributed by atoms with Gasteiger partial charge in [0.1, 0.15) is 12.0 Å². The Bertz CT molecular complexity index is 1240. The Kier molecular flexibility index (Phi) is 10.5. The van der Waals surface area contributed by atoms with E-state index in [0.717, 1.165) is 11.1 Å². The molecule has 3 aromatic rings. The smallest absolute Gasteiger partial charge is 0.306 e. The molecule has 0 radical (unpaired) electrons. The third kappa shape index (κ3) is 8.60. The Morgan fingerprint density at radius 1 is 0.973 bits per heavy atom. The van der Waals surface area contributed by atoms with Crippen LogP contribution in [-0.2, 0) is 11.2 Å². The standard InChI is InChI=1S/C29H31ClFN3O3/c1-19(29(36)37)5-3-7-26-27(22-8-12-24(30)13-9-22)33-17-4-6-23(16-18-32-26)28(35)34-20(2)21-10-14-25(31)15-11-21/h4,6,8-20,28,34-35H,3,5,7H2,1-2H3,(H,36,37). The van der Waals surface area contributed by atoms with Crippen molar-refractivity contribution in [1.82, 2.24) is 15.3 Å². The molecule has 3 atom stereocenters. The molecule has 1 heterocycles. The van der Waals surface area contributed by atoms with Gasteiger partial charge in [-0.15, -0.1) is 0 Å². The van der Waals surface area contributed by atoms with Gasteiger partial charge in [0, 0.05) is 29.0 Å². The van der Waals surface area contributed by atoms with E-state index in [-0.39, 0.29) is 11.9 Å². The first kappa shape index (κ1) is 28.2. The highest BCUT2D eigenvalue weighted by molar-refractivity contribution is 6.30. The second kappa shape index (κ2) is 13.8. The first-order valence-electron chi connectivity index (χ1n) is 12.1. The second-order valence-corrected chi connectivity index (χ2v) is 9.29. The van der Waals surface area contributed by atoms with Crippen molar-refractivity contribution < 1.29 is 19.4 Å². The zero-order valence-corrected chi connectivity index (χ0v) is 21.6. The van der Waals surface area contributed by atoms with Crippen LogP contribution in [0.15, 0.2) is 79.1 Å². The van der Waals surface area contributed by atoms with Crippen LogP contribution in [0.1, 0.15) is 55.8 Å². The van der Waals surface area contributed by atoms with Crippen molar-refractivity contribution in [2.75, 3.05) is 0 Å². The van der Waals surface area contributed by atoms with E-state index in [1.807, 2.05) is 19.1 Å². The van der Waals surface area contributed by atoms with Crippen LogP contribution >= 0.6 is 11.6 Å². The summed E-state index contributed by atoms with van der Waals surface area (Å²) in [6.07, 6.45) is 3.90. The summed E-state index contributed by atoms with van der Waals surface area (Å²) >= 11 is 6.06. The zero-order valence-electron chi connectivity index (χ0n) is 20.8. The summed E-state index contributed by atoms with van der Waals surface area (Å²) in [7, 11) is 0. The number of aromatic nitrogens is 2. The summed E-state index contributed by atoms with van der Waals surface area (Å²) in [5.41, 5.74) is 3.61. The maximum atomic E-state index is 13.2. The monoisotopic (exact) mass is 523 g/mol. The molecule has 3 rings (SSSR count). The molecule has 1 aromatic heterocycles. The summed E-state index contributed by atoms with van der Waals surface area (Å²) in [4.78, 5) is 20.5. The number of nitrogens with zero attached hydrogens (tertiary/aromatic N) is 2. The molecule has 0 fully saturated rings. The van der Waals surface area contributed by atoms with Gasteiger partial charge in [0.25, 0.3) is 0 Å². The predicted molar refractivity (Wildman–Crippen MR) is 143 cm³/mol. The molecule has 8 heteroatoms. The SMILES string of the molecule is CC(CCCc1nccc(C(O)NC(C)c2ccc(F)cc2)cccnc1-c1ccc(Cl)cc1)C(=O)O. The zero-order chi connectivity index (χ0) is 26.8. The molecule has 0 spiro atoms. The third-order valence-corrected chi connectivity index (χ3v) is 6.28. The van der Waals surface area contributed by atoms with Crippen molar-refractivity contribution in [1.29, 1.82) is 0 Å². The van der Waals surface area contributed by atoms with E-state index in [4.69, 9.17) is 11.6 Å². The number of aliphatic carboxylic acids is 1. The lowest BCUT2D eigenvalue weighted by Crippen LogP contribution is -2.24. The lowest BCUT2D eigenvalue weighted by atomic mass is 10.0. The van der Waals surface area contributed by atoms with Crippen molar-refractivity contribution in [2.45, 2.75) is 45.4 Å². The van der Waals surface area contributed by atoms with Gasteiger partial charge in [-0.1, -0.05) is 48.9 Å². The number of carbonyl (C=O) groups is 1. The summed E-state index contributed by atoms with van der Waals surface area (Å²) in [6, 6.07) is 18.4. The molecular weight excluding hydrogens is 493 g/mol. The predicted octanol–water partition coefficient (Wildman–Crippen LogP) is 6.45. The first-order valence-corrected chi connectivity index (χ1v) is 12.5. The van der Waals surface area contributed by atoms with E-state index in [1.165, 1.54) is 12.1 Å². The highest BCUT2D eigenvalue weighted by Crippen LogP contribution is 2.23. The maximum absolute atomic E-state index is 13.2. The van der Waals surface area contributed by atoms with Crippen molar-refractivity contribution in [3.63, 3.8) is 0 Å². The molecule has 2 aromatic carbocycles. The van der Waals surface area contributed by atoms with E-state index in [9.17, 15) is 19.4 Å². The maximum Gasteiger partial charge on any atom is 0.306 e. The van der Waals surface area contributed by atoms with Crippen LogP contribution in [0.4, 0.5) is 4.39 Å². The number of hydrogen-bond donors (Lipinski definition) is 3. The summed E-state index contributed by atoms with van der Waals surface area (Å²) in [5.74, 6) is -1.59. The van der Waals surface area contributed by atoms with Gasteiger partial charge in [0.15, 0.2) is 0 Å². The summed E-state index contributed by atoms with van der Waals surface area (Å²) < 4.78 is 13.2. The van der Waals surface area contributed by atoms with Gasteiger partial charge in [-0.3, -0.25) is 20.1 Å². The number of aliphatic hydroxyl groups is 1. The minimum Gasteiger partial charge on any atom is -0.481 e. The summed E-state index contributed by atoms with van der Waals surface area (Å²) in [6.45, 7) is 3.57. The minimum absolute atomic E-state index is 0.228. The number of rotatable bonds is 10. The average Bonchev–Trinajstić information content (AvgIpc) is 2.88. The number of aryl methyl sites for hydroxylation is 1. The van der Waals surface area contributed by atoms with Gasteiger partial charge in [-0.05, 0) is 73.7 Å². The number of halogens is 2. The van der Waals surface area contributed by atoms with E-state index in [1.54, 1.807) is 61.8 Å².